The van der Waals surface area contributed by atoms with Crippen LogP contribution in [0.15, 0.2) is 29.0 Å². The van der Waals surface area contributed by atoms with Gasteiger partial charge in [-0.2, -0.15) is 5.10 Å². The maximum atomic E-state index is 6.01. The van der Waals surface area contributed by atoms with E-state index >= 15 is 0 Å². The normalized spacial score (nSPS) is 22.0. The van der Waals surface area contributed by atoms with Crippen molar-refractivity contribution in [3.05, 3.63) is 41.6 Å². The lowest BCUT2D eigenvalue weighted by molar-refractivity contribution is 0.0384. The first-order chi connectivity index (χ1) is 10.8. The number of rotatable bonds is 6. The molecule has 5 nitrogen and oxygen atoms in total. The highest BCUT2D eigenvalue weighted by molar-refractivity contribution is 5.25. The fourth-order valence-electron chi connectivity index (χ4n) is 3.31. The molecule has 0 saturated heterocycles. The van der Waals surface area contributed by atoms with Crippen LogP contribution in [0.1, 0.15) is 35.9 Å². The van der Waals surface area contributed by atoms with Crippen molar-refractivity contribution in [2.75, 3.05) is 19.8 Å². The molecule has 1 fully saturated rings. The molecule has 4 rings (SSSR count). The molecule has 2 aromatic heterocycles. The molecule has 0 radical (unpaired) electrons. The number of nitrogens with zero attached hydrogens (tertiary/aromatic N) is 3. The number of aryl methyl sites for hydroxylation is 1. The summed E-state index contributed by atoms with van der Waals surface area (Å²) in [5.41, 5.74) is 2.66. The van der Waals surface area contributed by atoms with Gasteiger partial charge in [-0.05, 0) is 42.9 Å². The van der Waals surface area contributed by atoms with E-state index in [1.165, 1.54) is 24.1 Å². The van der Waals surface area contributed by atoms with Gasteiger partial charge in [0.25, 0.3) is 0 Å². The molecule has 3 heterocycles. The topological polar surface area (TPSA) is 43.4 Å². The minimum atomic E-state index is 0.264. The smallest absolute Gasteiger partial charge is 0.117 e. The molecule has 1 aliphatic heterocycles. The van der Waals surface area contributed by atoms with Gasteiger partial charge < -0.3 is 9.15 Å². The van der Waals surface area contributed by atoms with E-state index in [9.17, 15) is 0 Å². The molecule has 0 spiro atoms. The Morgan fingerprint density at radius 2 is 2.27 bits per heavy atom. The third kappa shape index (κ3) is 2.83. The third-order valence-electron chi connectivity index (χ3n) is 4.75. The maximum Gasteiger partial charge on any atom is 0.117 e. The Labute approximate surface area is 130 Å². The van der Waals surface area contributed by atoms with Gasteiger partial charge >= 0.3 is 0 Å². The Bertz CT molecular complexity index is 616. The summed E-state index contributed by atoms with van der Waals surface area (Å²) in [5, 5.41) is 4.45. The third-order valence-corrected chi connectivity index (χ3v) is 4.75. The van der Waals surface area contributed by atoms with E-state index < -0.39 is 0 Å². The van der Waals surface area contributed by atoms with E-state index in [-0.39, 0.29) is 6.04 Å². The summed E-state index contributed by atoms with van der Waals surface area (Å²) in [6.07, 6.45) is 7.46. The number of fused-ring (bicyclic) bond motifs is 1. The van der Waals surface area contributed by atoms with Crippen LogP contribution in [0, 0.1) is 5.92 Å². The zero-order valence-electron chi connectivity index (χ0n) is 13.1. The largest absolute Gasteiger partial charge is 0.468 e. The molecular weight excluding hydrogens is 278 g/mol. The molecule has 1 atom stereocenters. The quantitative estimate of drug-likeness (QED) is 0.822. The molecule has 1 saturated carbocycles. The second-order valence-electron chi connectivity index (χ2n) is 6.48. The van der Waals surface area contributed by atoms with Gasteiger partial charge in [-0.15, -0.1) is 0 Å². The number of furan rings is 1. The van der Waals surface area contributed by atoms with Gasteiger partial charge in [0.2, 0.25) is 0 Å². The Balaban J connectivity index is 1.52. The van der Waals surface area contributed by atoms with Crippen LogP contribution in [0.4, 0.5) is 0 Å². The highest BCUT2D eigenvalue weighted by atomic mass is 16.5. The van der Waals surface area contributed by atoms with Crippen molar-refractivity contribution in [1.82, 2.24) is 14.7 Å². The van der Waals surface area contributed by atoms with Gasteiger partial charge in [-0.1, -0.05) is 0 Å². The van der Waals surface area contributed by atoms with E-state index in [4.69, 9.17) is 9.15 Å². The predicted molar refractivity (Wildman–Crippen MR) is 82.3 cm³/mol. The molecular formula is C17H23N3O2. The fraction of sp³-hybridized carbons (Fsp3) is 0.588. The van der Waals surface area contributed by atoms with Gasteiger partial charge in [0, 0.05) is 20.2 Å². The van der Waals surface area contributed by atoms with E-state index in [1.54, 1.807) is 6.26 Å². The first kappa shape index (κ1) is 14.0. The van der Waals surface area contributed by atoms with Crippen LogP contribution in [0.5, 0.6) is 0 Å². The minimum Gasteiger partial charge on any atom is -0.468 e. The molecule has 2 aromatic rings. The zero-order chi connectivity index (χ0) is 14.9. The Hall–Kier alpha value is -1.59. The monoisotopic (exact) mass is 301 g/mol. The average Bonchev–Trinajstić information content (AvgIpc) is 3.05. The van der Waals surface area contributed by atoms with E-state index in [1.807, 2.05) is 30.1 Å². The zero-order valence-corrected chi connectivity index (χ0v) is 13.1. The van der Waals surface area contributed by atoms with Crippen LogP contribution >= 0.6 is 0 Å². The van der Waals surface area contributed by atoms with Gasteiger partial charge in [0.15, 0.2) is 0 Å². The Morgan fingerprint density at radius 3 is 3.05 bits per heavy atom. The van der Waals surface area contributed by atoms with E-state index in [0.717, 1.165) is 44.4 Å². The van der Waals surface area contributed by atoms with E-state index in [2.05, 4.69) is 10.00 Å². The van der Waals surface area contributed by atoms with Gasteiger partial charge in [-0.25, -0.2) is 0 Å². The molecule has 118 valence electrons. The Kier molecular flexibility index (Phi) is 3.76. The van der Waals surface area contributed by atoms with Crippen molar-refractivity contribution < 1.29 is 9.15 Å². The molecule has 0 bridgehead atoms. The van der Waals surface area contributed by atoms with Crippen molar-refractivity contribution in [2.45, 2.75) is 31.8 Å². The van der Waals surface area contributed by atoms with Crippen LogP contribution in [-0.2, 0) is 24.8 Å². The van der Waals surface area contributed by atoms with Gasteiger partial charge in [-0.3, -0.25) is 9.58 Å². The molecule has 1 unspecified atom stereocenters. The highest BCUT2D eigenvalue weighted by Crippen LogP contribution is 2.33. The Morgan fingerprint density at radius 1 is 1.36 bits per heavy atom. The summed E-state index contributed by atoms with van der Waals surface area (Å²) in [6.45, 7) is 3.49. The van der Waals surface area contributed by atoms with Gasteiger partial charge in [0.05, 0.1) is 37.3 Å². The number of aromatic nitrogens is 2. The summed E-state index contributed by atoms with van der Waals surface area (Å²) in [7, 11) is 2.03. The number of hydrogen-bond donors (Lipinski definition) is 0. The molecule has 2 aliphatic rings. The summed E-state index contributed by atoms with van der Waals surface area (Å²) in [5.74, 6) is 1.81. The molecule has 0 amide bonds. The molecule has 1 aliphatic carbocycles. The molecule has 0 N–H and O–H groups in total. The molecule has 5 heteroatoms. The van der Waals surface area contributed by atoms with E-state index in [0.29, 0.717) is 0 Å². The average molecular weight is 301 g/mol. The van der Waals surface area contributed by atoms with Crippen molar-refractivity contribution in [1.29, 1.82) is 0 Å². The second-order valence-corrected chi connectivity index (χ2v) is 6.48. The van der Waals surface area contributed by atoms with Crippen molar-refractivity contribution in [2.24, 2.45) is 13.0 Å². The SMILES string of the molecule is Cn1ncc2c1C(COCC1CC1)N(Cc1ccco1)CC2. The summed E-state index contributed by atoms with van der Waals surface area (Å²) < 4.78 is 13.6. The van der Waals surface area contributed by atoms with Crippen LogP contribution in [0.25, 0.3) is 0 Å². The predicted octanol–water partition coefficient (Wildman–Crippen LogP) is 2.54. The summed E-state index contributed by atoms with van der Waals surface area (Å²) in [6, 6.07) is 4.26. The van der Waals surface area contributed by atoms with Crippen LogP contribution in [-0.4, -0.2) is 34.4 Å². The van der Waals surface area contributed by atoms with Crippen LogP contribution < -0.4 is 0 Å². The highest BCUT2D eigenvalue weighted by Gasteiger charge is 2.32. The fourth-order valence-corrected chi connectivity index (χ4v) is 3.31. The standard InChI is InChI=1S/C17H23N3O2/c1-19-17-14(9-18-19)6-7-20(10-15-3-2-8-22-15)16(17)12-21-11-13-4-5-13/h2-3,8-9,13,16H,4-7,10-12H2,1H3. The van der Waals surface area contributed by atoms with Gasteiger partial charge in [0.1, 0.15) is 5.76 Å². The summed E-state index contributed by atoms with van der Waals surface area (Å²) >= 11 is 0. The van der Waals surface area contributed by atoms with Crippen molar-refractivity contribution in [3.8, 4) is 0 Å². The summed E-state index contributed by atoms with van der Waals surface area (Å²) in [4.78, 5) is 2.45. The molecule has 0 aromatic carbocycles. The van der Waals surface area contributed by atoms with Crippen LogP contribution in [0.3, 0.4) is 0 Å². The first-order valence-corrected chi connectivity index (χ1v) is 8.16. The lowest BCUT2D eigenvalue weighted by Gasteiger charge is -2.35. The lowest BCUT2D eigenvalue weighted by atomic mass is 10.00. The molecule has 22 heavy (non-hydrogen) atoms. The number of hydrogen-bond acceptors (Lipinski definition) is 4. The maximum absolute atomic E-state index is 6.01. The van der Waals surface area contributed by atoms with Crippen molar-refractivity contribution >= 4 is 0 Å². The lowest BCUT2D eigenvalue weighted by Crippen LogP contribution is -2.38. The first-order valence-electron chi connectivity index (χ1n) is 8.16. The van der Waals surface area contributed by atoms with Crippen molar-refractivity contribution in [3.63, 3.8) is 0 Å². The van der Waals surface area contributed by atoms with Crippen LogP contribution in [0.2, 0.25) is 0 Å². The second kappa shape index (κ2) is 5.89. The minimum absolute atomic E-state index is 0.264. The number of ether oxygens (including phenoxy) is 1.